The largest absolute Gasteiger partial charge is 0.322 e. The molecule has 2 atom stereocenters. The van der Waals surface area contributed by atoms with Crippen LogP contribution in [0.15, 0.2) is 18.3 Å². The molecule has 0 saturated heterocycles. The van der Waals surface area contributed by atoms with E-state index in [0.717, 1.165) is 24.7 Å². The minimum absolute atomic E-state index is 0.130. The quantitative estimate of drug-likeness (QED) is 0.795. The maximum Gasteiger partial charge on any atom is 0.141 e. The number of hydrogen-bond donors (Lipinski definition) is 1. The highest BCUT2D eigenvalue weighted by Gasteiger charge is 2.26. The summed E-state index contributed by atoms with van der Waals surface area (Å²) in [5.74, 6) is 0.905. The van der Waals surface area contributed by atoms with Crippen molar-refractivity contribution in [3.63, 3.8) is 0 Å². The SMILES string of the molecule is CCCN(CC1CC1)CC(C)C(N)c1ccc(F)cn1. The van der Waals surface area contributed by atoms with E-state index >= 15 is 0 Å². The standard InChI is InChI=1S/C16H26FN3/c1-3-8-20(11-13-4-5-13)10-12(2)16(18)15-7-6-14(17)9-19-15/h6-7,9,12-13,16H,3-5,8,10-11,18H2,1-2H3. The lowest BCUT2D eigenvalue weighted by molar-refractivity contribution is 0.213. The molecule has 1 aliphatic carbocycles. The Hall–Kier alpha value is -1.00. The lowest BCUT2D eigenvalue weighted by Gasteiger charge is -2.28. The monoisotopic (exact) mass is 279 g/mol. The molecule has 0 aromatic carbocycles. The van der Waals surface area contributed by atoms with Gasteiger partial charge in [-0.3, -0.25) is 4.98 Å². The molecule has 0 spiro atoms. The Morgan fingerprint density at radius 2 is 2.20 bits per heavy atom. The molecule has 1 heterocycles. The zero-order valence-electron chi connectivity index (χ0n) is 12.6. The highest BCUT2D eigenvalue weighted by Crippen LogP contribution is 2.30. The molecule has 20 heavy (non-hydrogen) atoms. The molecule has 112 valence electrons. The topological polar surface area (TPSA) is 42.1 Å². The fourth-order valence-corrected chi connectivity index (χ4v) is 2.64. The normalized spacial score (nSPS) is 18.2. The van der Waals surface area contributed by atoms with Gasteiger partial charge in [0.05, 0.1) is 17.9 Å². The number of nitrogens with zero attached hydrogens (tertiary/aromatic N) is 2. The van der Waals surface area contributed by atoms with Crippen molar-refractivity contribution in [3.8, 4) is 0 Å². The van der Waals surface area contributed by atoms with Crippen LogP contribution in [0.1, 0.15) is 44.8 Å². The molecule has 2 rings (SSSR count). The first-order valence-corrected chi connectivity index (χ1v) is 7.69. The van der Waals surface area contributed by atoms with E-state index < -0.39 is 0 Å². The lowest BCUT2D eigenvalue weighted by Crippen LogP contribution is -2.35. The Balaban J connectivity index is 1.90. The first-order valence-electron chi connectivity index (χ1n) is 7.69. The Labute approximate surface area is 121 Å². The number of pyridine rings is 1. The maximum atomic E-state index is 12.9. The van der Waals surface area contributed by atoms with Gasteiger partial charge in [0, 0.05) is 13.1 Å². The molecule has 0 amide bonds. The van der Waals surface area contributed by atoms with Crippen molar-refractivity contribution in [1.29, 1.82) is 0 Å². The summed E-state index contributed by atoms with van der Waals surface area (Å²) < 4.78 is 12.9. The van der Waals surface area contributed by atoms with Crippen LogP contribution in [0.5, 0.6) is 0 Å². The van der Waals surface area contributed by atoms with Crippen LogP contribution < -0.4 is 5.73 Å². The van der Waals surface area contributed by atoms with E-state index in [0.29, 0.717) is 5.92 Å². The van der Waals surface area contributed by atoms with Crippen LogP contribution in [0.2, 0.25) is 0 Å². The van der Waals surface area contributed by atoms with Gasteiger partial charge in [0.15, 0.2) is 0 Å². The van der Waals surface area contributed by atoms with Gasteiger partial charge >= 0.3 is 0 Å². The highest BCUT2D eigenvalue weighted by atomic mass is 19.1. The molecule has 0 aliphatic heterocycles. The predicted octanol–water partition coefficient (Wildman–Crippen LogP) is 2.98. The summed E-state index contributed by atoms with van der Waals surface area (Å²) in [7, 11) is 0. The van der Waals surface area contributed by atoms with Gasteiger partial charge in [-0.05, 0) is 49.8 Å². The molecule has 2 unspecified atom stereocenters. The summed E-state index contributed by atoms with van der Waals surface area (Å²) in [6, 6.07) is 3.00. The summed E-state index contributed by atoms with van der Waals surface area (Å²) >= 11 is 0. The number of aromatic nitrogens is 1. The van der Waals surface area contributed by atoms with E-state index in [1.54, 1.807) is 6.07 Å². The molecule has 0 bridgehead atoms. The minimum Gasteiger partial charge on any atom is -0.322 e. The van der Waals surface area contributed by atoms with E-state index in [9.17, 15) is 4.39 Å². The van der Waals surface area contributed by atoms with Crippen LogP contribution in [0.3, 0.4) is 0 Å². The van der Waals surface area contributed by atoms with Gasteiger partial charge in [0.2, 0.25) is 0 Å². The molecule has 0 radical (unpaired) electrons. The van der Waals surface area contributed by atoms with Crippen LogP contribution in [-0.4, -0.2) is 29.5 Å². The van der Waals surface area contributed by atoms with Gasteiger partial charge in [-0.15, -0.1) is 0 Å². The van der Waals surface area contributed by atoms with Crippen LogP contribution in [-0.2, 0) is 0 Å². The third kappa shape index (κ3) is 4.53. The average Bonchev–Trinajstić information content (AvgIpc) is 3.23. The number of nitrogens with two attached hydrogens (primary N) is 1. The molecule has 2 N–H and O–H groups in total. The molecule has 1 fully saturated rings. The third-order valence-corrected chi connectivity index (χ3v) is 4.00. The van der Waals surface area contributed by atoms with Crippen LogP contribution in [0.4, 0.5) is 4.39 Å². The second-order valence-corrected chi connectivity index (χ2v) is 6.11. The molecular formula is C16H26FN3. The smallest absolute Gasteiger partial charge is 0.141 e. The highest BCUT2D eigenvalue weighted by molar-refractivity contribution is 5.10. The first kappa shape index (κ1) is 15.4. The van der Waals surface area contributed by atoms with E-state index in [2.05, 4.69) is 23.7 Å². The van der Waals surface area contributed by atoms with E-state index in [1.165, 1.54) is 38.1 Å². The average molecular weight is 279 g/mol. The van der Waals surface area contributed by atoms with Crippen molar-refractivity contribution in [2.24, 2.45) is 17.6 Å². The minimum atomic E-state index is -0.310. The van der Waals surface area contributed by atoms with Crippen molar-refractivity contribution in [3.05, 3.63) is 29.8 Å². The number of hydrogen-bond acceptors (Lipinski definition) is 3. The summed E-state index contributed by atoms with van der Waals surface area (Å²) in [5, 5.41) is 0. The van der Waals surface area contributed by atoms with Crippen LogP contribution in [0.25, 0.3) is 0 Å². The van der Waals surface area contributed by atoms with Gasteiger partial charge in [-0.2, -0.15) is 0 Å². The van der Waals surface area contributed by atoms with E-state index in [-0.39, 0.29) is 11.9 Å². The summed E-state index contributed by atoms with van der Waals surface area (Å²) in [4.78, 5) is 6.63. The first-order chi connectivity index (χ1) is 9.60. The molecule has 1 aliphatic rings. The molecule has 4 heteroatoms. The van der Waals surface area contributed by atoms with Crippen molar-refractivity contribution in [2.75, 3.05) is 19.6 Å². The Morgan fingerprint density at radius 3 is 2.75 bits per heavy atom. The van der Waals surface area contributed by atoms with Gasteiger partial charge in [-0.25, -0.2) is 4.39 Å². The predicted molar refractivity (Wildman–Crippen MR) is 79.7 cm³/mol. The zero-order valence-corrected chi connectivity index (χ0v) is 12.6. The van der Waals surface area contributed by atoms with Gasteiger partial charge < -0.3 is 10.6 Å². The fourth-order valence-electron chi connectivity index (χ4n) is 2.64. The maximum absolute atomic E-state index is 12.9. The zero-order chi connectivity index (χ0) is 14.5. The van der Waals surface area contributed by atoms with Gasteiger partial charge in [0.25, 0.3) is 0 Å². The molecule has 3 nitrogen and oxygen atoms in total. The number of halogens is 1. The van der Waals surface area contributed by atoms with Crippen LogP contribution >= 0.6 is 0 Å². The lowest BCUT2D eigenvalue weighted by atomic mass is 9.98. The Bertz CT molecular complexity index is 403. The number of rotatable bonds is 8. The fraction of sp³-hybridized carbons (Fsp3) is 0.688. The summed E-state index contributed by atoms with van der Waals surface area (Å²) in [6.07, 6.45) is 5.17. The second kappa shape index (κ2) is 7.14. The third-order valence-electron chi connectivity index (χ3n) is 4.00. The summed E-state index contributed by atoms with van der Waals surface area (Å²) in [5.41, 5.74) is 7.05. The van der Waals surface area contributed by atoms with Gasteiger partial charge in [0.1, 0.15) is 5.82 Å². The van der Waals surface area contributed by atoms with E-state index in [1.807, 2.05) is 0 Å². The van der Waals surface area contributed by atoms with E-state index in [4.69, 9.17) is 5.73 Å². The molecule has 1 aromatic rings. The molecule has 1 aromatic heterocycles. The van der Waals surface area contributed by atoms with Crippen molar-refractivity contribution >= 4 is 0 Å². The second-order valence-electron chi connectivity index (χ2n) is 6.11. The van der Waals surface area contributed by atoms with Crippen LogP contribution in [0, 0.1) is 17.7 Å². The van der Waals surface area contributed by atoms with Crippen molar-refractivity contribution in [1.82, 2.24) is 9.88 Å². The van der Waals surface area contributed by atoms with Crippen molar-refractivity contribution in [2.45, 2.75) is 39.2 Å². The summed E-state index contributed by atoms with van der Waals surface area (Å²) in [6.45, 7) is 7.69. The molecule has 1 saturated carbocycles. The molecular weight excluding hydrogens is 253 g/mol. The Morgan fingerprint density at radius 1 is 1.45 bits per heavy atom. The van der Waals surface area contributed by atoms with Gasteiger partial charge in [-0.1, -0.05) is 13.8 Å². The Kier molecular flexibility index (Phi) is 5.49. The van der Waals surface area contributed by atoms with Crippen molar-refractivity contribution < 1.29 is 4.39 Å².